The molecule has 6 nitrogen and oxygen atoms in total. The Kier molecular flexibility index (Phi) is 54.5. The molecular weight excluding hydrogens is 877 g/mol. The second-order valence-electron chi connectivity index (χ2n) is 18.5. The largest absolute Gasteiger partial charge is 0.462 e. The lowest BCUT2D eigenvalue weighted by Crippen LogP contribution is -2.30. The average Bonchev–Trinajstić information content (AvgIpc) is 3.37. The molecule has 0 spiro atoms. The summed E-state index contributed by atoms with van der Waals surface area (Å²) in [5.74, 6) is -1.05. The molecule has 0 aromatic rings. The van der Waals surface area contributed by atoms with Gasteiger partial charge in [0.15, 0.2) is 6.10 Å². The summed E-state index contributed by atoms with van der Waals surface area (Å²) in [6.07, 6.45) is 81.6. The molecule has 71 heavy (non-hydrogen) atoms. The van der Waals surface area contributed by atoms with Crippen molar-refractivity contribution in [1.82, 2.24) is 0 Å². The van der Waals surface area contributed by atoms with Gasteiger partial charge in [-0.1, -0.05) is 231 Å². The topological polar surface area (TPSA) is 78.9 Å². The molecule has 1 atom stereocenters. The van der Waals surface area contributed by atoms with E-state index in [-0.39, 0.29) is 44.0 Å². The molecule has 0 amide bonds. The first-order valence-electron chi connectivity index (χ1n) is 28.7. The van der Waals surface area contributed by atoms with Gasteiger partial charge in [-0.05, 0) is 122 Å². The van der Waals surface area contributed by atoms with Crippen molar-refractivity contribution in [3.05, 3.63) is 134 Å². The van der Waals surface area contributed by atoms with Crippen LogP contribution in [0.25, 0.3) is 0 Å². The molecule has 0 saturated heterocycles. The average molecular weight is 982 g/mol. The fourth-order valence-electron chi connectivity index (χ4n) is 7.34. The lowest BCUT2D eigenvalue weighted by molar-refractivity contribution is -0.167. The number of esters is 3. The molecular formula is C65H104O6. The molecule has 0 aromatic heterocycles. The zero-order chi connectivity index (χ0) is 51.4. The maximum atomic E-state index is 12.8. The molecule has 0 radical (unpaired) electrons. The number of allylic oxidation sites excluding steroid dienone is 22. The van der Waals surface area contributed by atoms with Crippen LogP contribution in [0.4, 0.5) is 0 Å². The van der Waals surface area contributed by atoms with E-state index in [1.807, 2.05) is 0 Å². The summed E-state index contributed by atoms with van der Waals surface area (Å²) in [5, 5.41) is 0. The summed E-state index contributed by atoms with van der Waals surface area (Å²) in [6.45, 7) is 6.37. The molecule has 6 heteroatoms. The molecule has 0 saturated carbocycles. The van der Waals surface area contributed by atoms with Gasteiger partial charge < -0.3 is 14.2 Å². The highest BCUT2D eigenvalue weighted by Gasteiger charge is 2.19. The molecule has 0 heterocycles. The van der Waals surface area contributed by atoms with Gasteiger partial charge in [-0.25, -0.2) is 0 Å². The Balaban J connectivity index is 4.57. The second kappa shape index (κ2) is 58.1. The van der Waals surface area contributed by atoms with Crippen molar-refractivity contribution in [2.45, 2.75) is 245 Å². The Morgan fingerprint density at radius 2 is 0.606 bits per heavy atom. The van der Waals surface area contributed by atoms with Gasteiger partial charge in [0, 0.05) is 19.3 Å². The van der Waals surface area contributed by atoms with Crippen LogP contribution in [0.2, 0.25) is 0 Å². The van der Waals surface area contributed by atoms with Gasteiger partial charge in [-0.2, -0.15) is 0 Å². The summed E-state index contributed by atoms with van der Waals surface area (Å²) >= 11 is 0. The highest BCUT2D eigenvalue weighted by atomic mass is 16.6. The highest BCUT2D eigenvalue weighted by Crippen LogP contribution is 2.14. The fourth-order valence-corrected chi connectivity index (χ4v) is 7.34. The minimum Gasteiger partial charge on any atom is -0.462 e. The molecule has 0 fully saturated rings. The van der Waals surface area contributed by atoms with Crippen LogP contribution in [-0.4, -0.2) is 37.2 Å². The molecule has 0 aliphatic rings. The van der Waals surface area contributed by atoms with Crippen molar-refractivity contribution in [2.75, 3.05) is 13.2 Å². The smallest absolute Gasteiger partial charge is 0.306 e. The van der Waals surface area contributed by atoms with Crippen LogP contribution in [0.3, 0.4) is 0 Å². The van der Waals surface area contributed by atoms with Crippen LogP contribution in [0.1, 0.15) is 239 Å². The van der Waals surface area contributed by atoms with Crippen LogP contribution in [0.5, 0.6) is 0 Å². The van der Waals surface area contributed by atoms with E-state index in [1.165, 1.54) is 103 Å². The highest BCUT2D eigenvalue weighted by molar-refractivity contribution is 5.71. The van der Waals surface area contributed by atoms with Crippen LogP contribution in [-0.2, 0) is 28.6 Å². The van der Waals surface area contributed by atoms with Crippen molar-refractivity contribution < 1.29 is 28.6 Å². The SMILES string of the molecule is CC/C=C\C/C=C\C/C=C\C/C=C\C/C=C\CCCC(=O)OC(COC(=O)CCC/C=C\C/C=C\C/C=C\C/C=C\CCCCC)COC(=O)CCCCCCCCCCCC/C=C\C=C/CCCCC. The minimum atomic E-state index is -0.837. The second-order valence-corrected chi connectivity index (χ2v) is 18.5. The number of ether oxygens (including phenoxy) is 3. The lowest BCUT2D eigenvalue weighted by atomic mass is 10.1. The first-order chi connectivity index (χ1) is 35.0. The van der Waals surface area contributed by atoms with E-state index in [0.29, 0.717) is 19.3 Å². The van der Waals surface area contributed by atoms with Crippen LogP contribution in [0, 0.1) is 0 Å². The van der Waals surface area contributed by atoms with Gasteiger partial charge in [-0.15, -0.1) is 0 Å². The summed E-state index contributed by atoms with van der Waals surface area (Å²) < 4.78 is 16.8. The van der Waals surface area contributed by atoms with Crippen LogP contribution >= 0.6 is 0 Å². The van der Waals surface area contributed by atoms with E-state index < -0.39 is 6.10 Å². The van der Waals surface area contributed by atoms with E-state index >= 15 is 0 Å². The van der Waals surface area contributed by atoms with Gasteiger partial charge >= 0.3 is 17.9 Å². The molecule has 0 rings (SSSR count). The molecule has 0 N–H and O–H groups in total. The van der Waals surface area contributed by atoms with E-state index in [1.54, 1.807) is 0 Å². The number of unbranched alkanes of at least 4 members (excludes halogenated alkanes) is 18. The standard InChI is InChI=1S/C65H104O6/c1-4-7-10-13-16-19-22-25-28-31-32-35-37-40-43-46-49-52-55-58-64(67)70-61-62(71-65(68)59-56-53-50-47-44-41-38-34-30-27-24-21-18-15-12-9-6-3)60-69-63(66)57-54-51-48-45-42-39-36-33-29-26-23-20-17-14-11-8-5-2/h9,12,16-22,25-27,29-30,36,38-39,41,45,47-48,50,62H,4-8,10-11,13-15,23-24,28,31-35,37,40,42-44,46,49,51-61H2,1-3H3/b12-9-,19-16-,20-17-,21-18-,25-22-,29-26-,30-27-,39-36-,41-38-,48-45-,50-47-. The fraction of sp³-hybridized carbons (Fsp3) is 0.615. The number of carbonyl (C=O) groups is 3. The first-order valence-corrected chi connectivity index (χ1v) is 28.7. The summed E-state index contributed by atoms with van der Waals surface area (Å²) in [5.41, 5.74) is 0. The number of hydrogen-bond acceptors (Lipinski definition) is 6. The van der Waals surface area contributed by atoms with Crippen molar-refractivity contribution in [1.29, 1.82) is 0 Å². The van der Waals surface area contributed by atoms with Gasteiger partial charge in [0.1, 0.15) is 13.2 Å². The third kappa shape index (κ3) is 56.3. The lowest BCUT2D eigenvalue weighted by Gasteiger charge is -2.18. The van der Waals surface area contributed by atoms with E-state index in [4.69, 9.17) is 14.2 Å². The van der Waals surface area contributed by atoms with Crippen molar-refractivity contribution >= 4 is 17.9 Å². The van der Waals surface area contributed by atoms with Gasteiger partial charge in [0.05, 0.1) is 0 Å². The normalized spacial score (nSPS) is 13.1. The summed E-state index contributed by atoms with van der Waals surface area (Å²) in [4.78, 5) is 38.1. The monoisotopic (exact) mass is 981 g/mol. The van der Waals surface area contributed by atoms with Crippen molar-refractivity contribution in [3.8, 4) is 0 Å². The third-order valence-electron chi connectivity index (χ3n) is 11.6. The Morgan fingerprint density at radius 3 is 1.00 bits per heavy atom. The van der Waals surface area contributed by atoms with Gasteiger partial charge in [0.2, 0.25) is 0 Å². The Morgan fingerprint density at radius 1 is 0.310 bits per heavy atom. The molecule has 0 aromatic carbocycles. The summed E-state index contributed by atoms with van der Waals surface area (Å²) in [7, 11) is 0. The first kappa shape index (κ1) is 66.6. The molecule has 1 unspecified atom stereocenters. The maximum Gasteiger partial charge on any atom is 0.306 e. The molecule has 400 valence electrons. The Hall–Kier alpha value is -4.45. The predicted octanol–water partition coefficient (Wildman–Crippen LogP) is 19.4. The number of hydrogen-bond donors (Lipinski definition) is 0. The van der Waals surface area contributed by atoms with Crippen molar-refractivity contribution in [2.24, 2.45) is 0 Å². The molecule has 0 aliphatic heterocycles. The van der Waals surface area contributed by atoms with E-state index in [0.717, 1.165) is 83.5 Å². The zero-order valence-corrected chi connectivity index (χ0v) is 45.7. The Bertz CT molecular complexity index is 1550. The van der Waals surface area contributed by atoms with Crippen LogP contribution < -0.4 is 0 Å². The van der Waals surface area contributed by atoms with Crippen LogP contribution in [0.15, 0.2) is 134 Å². The summed E-state index contributed by atoms with van der Waals surface area (Å²) in [6, 6.07) is 0. The maximum absolute atomic E-state index is 12.8. The quantitative estimate of drug-likeness (QED) is 0.0199. The zero-order valence-electron chi connectivity index (χ0n) is 45.7. The molecule has 0 bridgehead atoms. The van der Waals surface area contributed by atoms with Crippen molar-refractivity contribution in [3.63, 3.8) is 0 Å². The number of carbonyl (C=O) groups excluding carboxylic acids is 3. The van der Waals surface area contributed by atoms with E-state index in [9.17, 15) is 14.4 Å². The Labute approximate surface area is 436 Å². The third-order valence-corrected chi connectivity index (χ3v) is 11.6. The molecule has 0 aliphatic carbocycles. The van der Waals surface area contributed by atoms with Gasteiger partial charge in [0.25, 0.3) is 0 Å². The minimum absolute atomic E-state index is 0.124. The van der Waals surface area contributed by atoms with Gasteiger partial charge in [-0.3, -0.25) is 14.4 Å². The predicted molar refractivity (Wildman–Crippen MR) is 306 cm³/mol. The van der Waals surface area contributed by atoms with E-state index in [2.05, 4.69) is 154 Å². The number of rotatable bonds is 50.